The Hall–Kier alpha value is -6.42. The van der Waals surface area contributed by atoms with Crippen LogP contribution in [-0.4, -0.2) is 227 Å². The summed E-state index contributed by atoms with van der Waals surface area (Å²) in [5.41, 5.74) is 16.0. The lowest BCUT2D eigenvalue weighted by atomic mass is 9.56. The van der Waals surface area contributed by atoms with E-state index in [-0.39, 0.29) is 123 Å². The first-order valence-corrected chi connectivity index (χ1v) is 46.6. The summed E-state index contributed by atoms with van der Waals surface area (Å²) in [5, 5.41) is 26.6. The molecule has 7 heterocycles. The van der Waals surface area contributed by atoms with Crippen LogP contribution in [0, 0.1) is 70.0 Å². The number of nitrogens with one attached hydrogen (secondary N) is 2. The van der Waals surface area contributed by atoms with Gasteiger partial charge in [-0.25, -0.2) is 4.79 Å². The van der Waals surface area contributed by atoms with Gasteiger partial charge < -0.3 is 50.4 Å². The molecule has 5 saturated heterocycles. The number of imide groups is 3. The van der Waals surface area contributed by atoms with Crippen LogP contribution in [0.25, 0.3) is 0 Å². The summed E-state index contributed by atoms with van der Waals surface area (Å²) < 4.78 is 25.4. The van der Waals surface area contributed by atoms with Gasteiger partial charge in [-0.1, -0.05) is 108 Å². The maximum absolute atomic E-state index is 12.4. The zero-order valence-corrected chi connectivity index (χ0v) is 73.4. The van der Waals surface area contributed by atoms with Gasteiger partial charge in [-0.3, -0.25) is 62.8 Å². The predicted molar refractivity (Wildman–Crippen MR) is 452 cm³/mol. The fourth-order valence-electron chi connectivity index (χ4n) is 25.3. The first kappa shape index (κ1) is 91.3. The third-order valence-corrected chi connectivity index (χ3v) is 31.7. The van der Waals surface area contributed by atoms with Gasteiger partial charge in [0.1, 0.15) is 5.78 Å². The SMILES string of the molecule is CC1=C2C[C@H]3[C@@H](CC=C4C[C@@H](O)CC[C@@]43C)[C@@H]2CC[C@]12O[C@@H]1C[C@H](C)CN(CCCCCCCC(=O)CCOCCNC(=O)CCN3C(=O)C=CC3=O)C1[C@H]2C.CC1=C2C[C@H]3[C@@H](CC=C4C[C@@H](O)CC[C@@]43C)[C@@H]2CC[C@]12O[C@@H]1C[C@H](C)CN(CCCCCCN)C1[C@H]2C.O=C(CCN1C(=O)C=CC1=O)NCCOCCC(=O)ON1C(=O)CCC1=O. The Morgan fingerprint density at radius 1 is 0.517 bits per heavy atom. The lowest BCUT2D eigenvalue weighted by Crippen LogP contribution is -2.52. The topological polar surface area (TPSA) is 324 Å². The molecule has 15 aliphatic rings. The van der Waals surface area contributed by atoms with Crippen LogP contribution in [0.15, 0.2) is 69.9 Å². The van der Waals surface area contributed by atoms with Crippen molar-refractivity contribution in [1.82, 2.24) is 35.3 Å². The number of rotatable bonds is 33. The number of amides is 8. The number of piperidine rings is 2. The molecular formula is C95H142N8O17. The Balaban J connectivity index is 0.000000167. The summed E-state index contributed by atoms with van der Waals surface area (Å²) in [6, 6.07) is 1.06. The van der Waals surface area contributed by atoms with Crippen molar-refractivity contribution < 1.29 is 81.9 Å². The maximum Gasteiger partial charge on any atom is 0.335 e. The number of ketones is 1. The number of aliphatic hydroxyl groups excluding tert-OH is 2. The van der Waals surface area contributed by atoms with Crippen LogP contribution in [-0.2, 0) is 71.7 Å². The molecule has 0 aromatic heterocycles. The van der Waals surface area contributed by atoms with Crippen molar-refractivity contribution in [1.29, 1.82) is 0 Å². The van der Waals surface area contributed by atoms with E-state index in [0.717, 1.165) is 135 Å². The molecule has 8 aliphatic carbocycles. The number of hydrogen-bond donors (Lipinski definition) is 5. The van der Waals surface area contributed by atoms with Crippen molar-refractivity contribution in [2.24, 2.45) is 75.7 Å². The Morgan fingerprint density at radius 2 is 0.942 bits per heavy atom. The van der Waals surface area contributed by atoms with Gasteiger partial charge in [-0.15, -0.1) is 5.06 Å². The van der Waals surface area contributed by atoms with Crippen LogP contribution in [0.4, 0.5) is 0 Å². The maximum atomic E-state index is 12.4. The van der Waals surface area contributed by atoms with E-state index in [2.05, 4.69) is 92.8 Å². The highest BCUT2D eigenvalue weighted by Gasteiger charge is 2.64. The average Bonchev–Trinajstić information content (AvgIpc) is 1.55. The number of nitrogens with zero attached hydrogens (tertiary/aromatic N) is 5. The molecule has 15 rings (SSSR count). The Kier molecular flexibility index (Phi) is 30.6. The normalized spacial score (nSPS) is 35.3. The minimum absolute atomic E-state index is 0.00284. The van der Waals surface area contributed by atoms with Gasteiger partial charge in [0, 0.05) is 126 Å². The fraction of sp³-hybridized carbons (Fsp3) is 0.768. The molecule has 0 radical (unpaired) electrons. The smallest absolute Gasteiger partial charge is 0.335 e. The minimum atomic E-state index is -0.767. The molecule has 9 fully saturated rings. The van der Waals surface area contributed by atoms with Crippen molar-refractivity contribution in [3.8, 4) is 0 Å². The van der Waals surface area contributed by atoms with Crippen molar-refractivity contribution >= 4 is 59.0 Å². The molecule has 6 N–H and O–H groups in total. The lowest BCUT2D eigenvalue weighted by Gasteiger charge is -2.49. The molecule has 4 saturated carbocycles. The summed E-state index contributed by atoms with van der Waals surface area (Å²) in [7, 11) is 0. The molecule has 20 atom stereocenters. The number of carbonyl (C=O) groups is 10. The van der Waals surface area contributed by atoms with Crippen LogP contribution >= 0.6 is 0 Å². The molecule has 25 heteroatoms. The standard InChI is InChI=1S/C46H69N3O7.C33H54N2O2.C16H19N3O8/c1-30-26-40-44(32(3)46(56-40)20-16-36-37-12-11-33-27-35(51)15-19-45(33,4)39(37)28-38(36)31(46)2)48(29-30)22-9-7-5-6-8-10-34(50)18-24-55-25-21-47-41(52)17-23-49-42(53)13-14-43(49)54;1-21-17-30-31(35(20-21)16-8-6-5-7-15-34)23(3)33(37-30)14-12-26-27-10-9-24-18-25(36)11-13-32(24,4)29(27)19-28(26)22(33)2;20-11(5-8-18-12(21)1-2-13(18)22)17-7-10-26-9-6-16(25)27-19-14(23)3-4-15(19)24/h11,13-14,30,32,35-37,39-40,44,51H,5-10,12,15-29H2,1-4H3,(H,47,52);9,21,23,25-27,29-31,36H,5-8,10-20,34H2,1-4H3;1-2H,3-10H2,(H,17,20)/t30-,32+,35-,36-,37-,39-,40+,44?,45-,46-;21-,23+,25-,26-,27-,29-,30+,31?,32-,33-;/m00./s1. The largest absolute Gasteiger partial charge is 0.393 e. The van der Waals surface area contributed by atoms with Gasteiger partial charge in [0.15, 0.2) is 0 Å². The third kappa shape index (κ3) is 19.9. The van der Waals surface area contributed by atoms with Crippen LogP contribution in [0.1, 0.15) is 261 Å². The second kappa shape index (κ2) is 40.3. The van der Waals surface area contributed by atoms with E-state index in [0.29, 0.717) is 97.0 Å². The first-order valence-electron chi connectivity index (χ1n) is 46.6. The highest BCUT2D eigenvalue weighted by molar-refractivity contribution is 6.13. The summed E-state index contributed by atoms with van der Waals surface area (Å²) in [4.78, 5) is 128. The van der Waals surface area contributed by atoms with E-state index in [1.807, 2.05) is 0 Å². The van der Waals surface area contributed by atoms with Crippen LogP contribution in [0.2, 0.25) is 0 Å². The summed E-state index contributed by atoms with van der Waals surface area (Å²) in [6.07, 6.45) is 40.0. The highest BCUT2D eigenvalue weighted by Crippen LogP contribution is 2.68. The predicted octanol–water partition coefficient (Wildman–Crippen LogP) is 11.1. The molecule has 2 unspecified atom stereocenters. The van der Waals surface area contributed by atoms with E-state index in [9.17, 15) is 58.2 Å². The van der Waals surface area contributed by atoms with Gasteiger partial charge in [0.25, 0.3) is 35.4 Å². The number of unbranched alkanes of at least 4 members (excludes halogenated alkanes) is 7. The quantitative estimate of drug-likeness (QED) is 0.0231. The number of carbonyl (C=O) groups excluding carboxylic acids is 10. The summed E-state index contributed by atoms with van der Waals surface area (Å²) in [6.45, 7) is 26.8. The average molecular weight is 1670 g/mol. The molecule has 120 heavy (non-hydrogen) atoms. The zero-order valence-electron chi connectivity index (χ0n) is 73.4. The fourth-order valence-corrected chi connectivity index (χ4v) is 25.3. The van der Waals surface area contributed by atoms with E-state index < -0.39 is 29.6 Å². The molecule has 0 aromatic carbocycles. The van der Waals surface area contributed by atoms with Crippen LogP contribution < -0.4 is 16.4 Å². The number of allylic oxidation sites excluding steroid dienone is 4. The monoisotopic (exact) mass is 1670 g/mol. The van der Waals surface area contributed by atoms with E-state index in [1.165, 1.54) is 122 Å². The number of aliphatic hydroxyl groups is 2. The molecular weight excluding hydrogens is 1530 g/mol. The number of hydroxylamine groups is 2. The summed E-state index contributed by atoms with van der Waals surface area (Å²) >= 11 is 0. The van der Waals surface area contributed by atoms with E-state index in [4.69, 9.17) is 24.7 Å². The van der Waals surface area contributed by atoms with Gasteiger partial charge in [-0.05, 0) is 231 Å². The Bertz CT molecular complexity index is 3910. The van der Waals surface area contributed by atoms with Crippen molar-refractivity contribution in [3.63, 3.8) is 0 Å². The Morgan fingerprint density at radius 3 is 1.39 bits per heavy atom. The van der Waals surface area contributed by atoms with Crippen LogP contribution in [0.3, 0.4) is 0 Å². The number of likely N-dealkylation sites (tertiary alicyclic amines) is 2. The van der Waals surface area contributed by atoms with Gasteiger partial charge in [0.05, 0.1) is 68.5 Å². The van der Waals surface area contributed by atoms with Crippen molar-refractivity contribution in [2.45, 2.75) is 309 Å². The lowest BCUT2D eigenvalue weighted by molar-refractivity contribution is -0.198. The number of ether oxygens (including phenoxy) is 4. The third-order valence-electron chi connectivity index (χ3n) is 31.7. The first-order chi connectivity index (χ1) is 57.6. The number of nitrogens with two attached hydrogens (primary N) is 1. The van der Waals surface area contributed by atoms with Gasteiger partial charge in [-0.2, -0.15) is 0 Å². The second-order valence-electron chi connectivity index (χ2n) is 39.0. The van der Waals surface area contributed by atoms with E-state index in [1.54, 1.807) is 33.4 Å². The van der Waals surface area contributed by atoms with Crippen LogP contribution in [0.5, 0.6) is 0 Å². The minimum Gasteiger partial charge on any atom is -0.393 e. The molecule has 8 amide bonds. The number of hydrogen-bond acceptors (Lipinski definition) is 20. The van der Waals surface area contributed by atoms with Crippen molar-refractivity contribution in [3.05, 3.63) is 69.9 Å². The molecule has 0 bridgehead atoms. The molecule has 2 spiro atoms. The number of Topliss-reactive ketones (excluding diaryl/α,β-unsaturated/α-hetero) is 1. The molecule has 7 aliphatic heterocycles. The van der Waals surface area contributed by atoms with Crippen molar-refractivity contribution in [2.75, 3.05) is 85.3 Å². The zero-order chi connectivity index (χ0) is 85.4. The number of fused-ring (bicyclic) bond motifs is 12. The molecule has 0 aromatic rings. The Labute approximate surface area is 712 Å². The molecule has 25 nitrogen and oxygen atoms in total. The molecule has 664 valence electrons. The van der Waals surface area contributed by atoms with Gasteiger partial charge >= 0.3 is 5.97 Å². The van der Waals surface area contributed by atoms with Gasteiger partial charge in [0.2, 0.25) is 11.8 Å². The highest BCUT2D eigenvalue weighted by atomic mass is 16.7. The van der Waals surface area contributed by atoms with E-state index >= 15 is 0 Å². The summed E-state index contributed by atoms with van der Waals surface area (Å²) in [5.74, 6) is 2.99. The second-order valence-corrected chi connectivity index (χ2v) is 39.0.